The van der Waals surface area contributed by atoms with Gasteiger partial charge in [-0.1, -0.05) is 24.3 Å². The molecule has 0 radical (unpaired) electrons. The van der Waals surface area contributed by atoms with E-state index in [1.54, 1.807) is 0 Å². The highest BCUT2D eigenvalue weighted by atomic mass is 32.2. The van der Waals surface area contributed by atoms with E-state index in [2.05, 4.69) is 4.72 Å². The number of benzene rings is 2. The van der Waals surface area contributed by atoms with Gasteiger partial charge in [0.15, 0.2) is 11.5 Å². The highest BCUT2D eigenvalue weighted by Crippen LogP contribution is 2.48. The minimum Gasteiger partial charge on any atom is -0.453 e. The smallest absolute Gasteiger partial charge is 0.209 e. The molecule has 2 aliphatic rings. The third-order valence-corrected chi connectivity index (χ3v) is 5.29. The van der Waals surface area contributed by atoms with Crippen molar-refractivity contribution in [3.63, 3.8) is 0 Å². The summed E-state index contributed by atoms with van der Waals surface area (Å²) in [4.78, 5) is 1.97. The summed E-state index contributed by atoms with van der Waals surface area (Å²) >= 11 is 0. The average Bonchev–Trinajstić information content (AvgIpc) is 2.61. The number of aliphatic hydroxyl groups excluding tert-OH is 1. The minimum absolute atomic E-state index is 0.123. The van der Waals surface area contributed by atoms with Gasteiger partial charge in [-0.15, -0.1) is 0 Å². The number of hydrogen-bond acceptors (Lipinski definition) is 6. The summed E-state index contributed by atoms with van der Waals surface area (Å²) in [5.74, 6) is 1.35. The van der Waals surface area contributed by atoms with Gasteiger partial charge < -0.3 is 19.5 Å². The first kappa shape index (κ1) is 17.3. The zero-order valence-electron chi connectivity index (χ0n) is 14.2. The average molecular weight is 376 g/mol. The van der Waals surface area contributed by atoms with Crippen LogP contribution in [-0.2, 0) is 14.8 Å². The predicted molar refractivity (Wildman–Crippen MR) is 97.5 cm³/mol. The molecule has 1 fully saturated rings. The van der Waals surface area contributed by atoms with Crippen LogP contribution < -0.4 is 14.4 Å². The molecule has 8 heteroatoms. The van der Waals surface area contributed by atoms with Gasteiger partial charge in [0.1, 0.15) is 0 Å². The van der Waals surface area contributed by atoms with Crippen molar-refractivity contribution in [1.82, 2.24) is 4.72 Å². The Labute approximate surface area is 152 Å². The number of hydrogen-bond donors (Lipinski definition) is 2. The predicted octanol–water partition coefficient (Wildman–Crippen LogP) is 1.61. The molecule has 1 saturated heterocycles. The highest BCUT2D eigenvalue weighted by molar-refractivity contribution is 7.88. The van der Waals surface area contributed by atoms with Crippen LogP contribution >= 0.6 is 0 Å². The van der Waals surface area contributed by atoms with Crippen LogP contribution in [0.15, 0.2) is 48.5 Å². The van der Waals surface area contributed by atoms with Gasteiger partial charge in [-0.3, -0.25) is 0 Å². The molecule has 2 N–H and O–H groups in total. The Morgan fingerprint density at radius 1 is 1.04 bits per heavy atom. The summed E-state index contributed by atoms with van der Waals surface area (Å²) in [6.45, 7) is 0.393. The fourth-order valence-electron chi connectivity index (χ4n) is 3.48. The van der Waals surface area contributed by atoms with Crippen LogP contribution in [0.2, 0.25) is 0 Å². The summed E-state index contributed by atoms with van der Waals surface area (Å²) < 4.78 is 37.3. The van der Waals surface area contributed by atoms with Crippen LogP contribution in [0.5, 0.6) is 11.5 Å². The second-order valence-corrected chi connectivity index (χ2v) is 8.28. The Balaban J connectivity index is 1.75. The van der Waals surface area contributed by atoms with Crippen LogP contribution in [-0.4, -0.2) is 51.2 Å². The highest BCUT2D eigenvalue weighted by Gasteiger charge is 2.41. The molecule has 26 heavy (non-hydrogen) atoms. The number of aliphatic hydroxyl groups is 1. The van der Waals surface area contributed by atoms with E-state index in [1.807, 2.05) is 53.4 Å². The molecule has 0 unspecified atom stereocenters. The van der Waals surface area contributed by atoms with Crippen LogP contribution in [0.25, 0.3) is 0 Å². The quantitative estimate of drug-likeness (QED) is 0.846. The lowest BCUT2D eigenvalue weighted by molar-refractivity contribution is -0.0244. The molecule has 0 spiro atoms. The Hall–Kier alpha value is -2.13. The van der Waals surface area contributed by atoms with Crippen molar-refractivity contribution in [2.75, 3.05) is 24.4 Å². The topological polar surface area (TPSA) is 88.1 Å². The maximum absolute atomic E-state index is 11.6. The lowest BCUT2D eigenvalue weighted by Crippen LogP contribution is -2.60. The summed E-state index contributed by atoms with van der Waals surface area (Å²) in [6, 6.07) is 13.9. The van der Waals surface area contributed by atoms with Crippen molar-refractivity contribution in [3.8, 4) is 11.5 Å². The van der Waals surface area contributed by atoms with Crippen molar-refractivity contribution in [1.29, 1.82) is 0 Å². The van der Waals surface area contributed by atoms with Crippen molar-refractivity contribution >= 4 is 21.4 Å². The molecular weight excluding hydrogens is 356 g/mol. The number of ether oxygens (including phenoxy) is 2. The molecule has 2 heterocycles. The van der Waals surface area contributed by atoms with Gasteiger partial charge in [0.2, 0.25) is 10.0 Å². The van der Waals surface area contributed by atoms with E-state index < -0.39 is 28.2 Å². The van der Waals surface area contributed by atoms with Crippen molar-refractivity contribution in [2.45, 2.75) is 18.2 Å². The number of anilines is 2. The normalized spacial score (nSPS) is 25.2. The first-order chi connectivity index (χ1) is 12.4. The Morgan fingerprint density at radius 2 is 1.62 bits per heavy atom. The maximum atomic E-state index is 11.6. The molecular formula is C18H20N2O5S. The Bertz CT molecular complexity index is 872. The molecule has 7 nitrogen and oxygen atoms in total. The largest absolute Gasteiger partial charge is 0.453 e. The van der Waals surface area contributed by atoms with E-state index in [-0.39, 0.29) is 13.2 Å². The van der Waals surface area contributed by atoms with Crippen molar-refractivity contribution in [2.24, 2.45) is 0 Å². The summed E-state index contributed by atoms with van der Waals surface area (Å²) in [7, 11) is -3.47. The van der Waals surface area contributed by atoms with E-state index >= 15 is 0 Å². The molecule has 0 amide bonds. The standard InChI is InChI=1S/C18H20N2O5S/c1-26(22,23)19-12-10-24-11-15(18(12)21)20-13-6-2-4-8-16(13)25-17-9-5-3-7-14(17)20/h2-9,12,15,18-19,21H,10-11H2,1H3/t12-,15+,18+/m0/s1. The molecule has 138 valence electrons. The molecule has 0 aromatic heterocycles. The number of fused-ring (bicyclic) bond motifs is 2. The zero-order chi connectivity index (χ0) is 18.3. The zero-order valence-corrected chi connectivity index (χ0v) is 15.0. The van der Waals surface area contributed by atoms with Gasteiger partial charge in [-0.05, 0) is 24.3 Å². The van der Waals surface area contributed by atoms with Gasteiger partial charge in [-0.2, -0.15) is 0 Å². The Morgan fingerprint density at radius 3 is 2.19 bits per heavy atom. The summed E-state index contributed by atoms with van der Waals surface area (Å²) in [6.07, 6.45) is 0.126. The van der Waals surface area contributed by atoms with Crippen LogP contribution in [0.4, 0.5) is 11.4 Å². The third kappa shape index (κ3) is 3.16. The number of nitrogens with zero attached hydrogens (tertiary/aromatic N) is 1. The van der Waals surface area contributed by atoms with Crippen LogP contribution in [0.1, 0.15) is 0 Å². The SMILES string of the molecule is CS(=O)(=O)N[C@H]1COC[C@@H](N2c3ccccc3Oc3ccccc32)[C@@H]1O. The Kier molecular flexibility index (Phi) is 4.36. The van der Waals surface area contributed by atoms with E-state index in [1.165, 1.54) is 0 Å². The van der Waals surface area contributed by atoms with E-state index in [0.717, 1.165) is 17.6 Å². The number of nitrogens with one attached hydrogen (secondary N) is 1. The molecule has 3 atom stereocenters. The maximum Gasteiger partial charge on any atom is 0.209 e. The number of para-hydroxylation sites is 4. The molecule has 4 rings (SSSR count). The van der Waals surface area contributed by atoms with Gasteiger partial charge in [0, 0.05) is 0 Å². The van der Waals surface area contributed by atoms with Crippen molar-refractivity contribution < 1.29 is 23.0 Å². The lowest BCUT2D eigenvalue weighted by atomic mass is 9.98. The van der Waals surface area contributed by atoms with Gasteiger partial charge in [0.05, 0.1) is 49.0 Å². The van der Waals surface area contributed by atoms with Crippen molar-refractivity contribution in [3.05, 3.63) is 48.5 Å². The van der Waals surface area contributed by atoms with Gasteiger partial charge in [-0.25, -0.2) is 13.1 Å². The first-order valence-corrected chi connectivity index (χ1v) is 10.2. The van der Waals surface area contributed by atoms with Gasteiger partial charge >= 0.3 is 0 Å². The fourth-order valence-corrected chi connectivity index (χ4v) is 4.23. The monoisotopic (exact) mass is 376 g/mol. The van der Waals surface area contributed by atoms with E-state index in [9.17, 15) is 13.5 Å². The van der Waals surface area contributed by atoms with E-state index in [0.29, 0.717) is 11.5 Å². The lowest BCUT2D eigenvalue weighted by Gasteiger charge is -2.44. The summed E-state index contributed by atoms with van der Waals surface area (Å²) in [5.41, 5.74) is 1.61. The molecule has 2 aromatic carbocycles. The fraction of sp³-hybridized carbons (Fsp3) is 0.333. The summed E-state index contributed by atoms with van der Waals surface area (Å²) in [5, 5.41) is 10.9. The third-order valence-electron chi connectivity index (χ3n) is 4.56. The second kappa shape index (κ2) is 6.55. The van der Waals surface area contributed by atoms with Gasteiger partial charge in [0.25, 0.3) is 0 Å². The molecule has 0 bridgehead atoms. The molecule has 2 aromatic rings. The molecule has 2 aliphatic heterocycles. The molecule has 0 saturated carbocycles. The second-order valence-electron chi connectivity index (χ2n) is 6.50. The van der Waals surface area contributed by atoms with E-state index in [4.69, 9.17) is 9.47 Å². The molecule has 0 aliphatic carbocycles. The first-order valence-electron chi connectivity index (χ1n) is 8.32. The number of sulfonamides is 1. The number of rotatable bonds is 3. The van der Waals surface area contributed by atoms with Crippen LogP contribution in [0, 0.1) is 0 Å². The van der Waals surface area contributed by atoms with Crippen LogP contribution in [0.3, 0.4) is 0 Å². The minimum atomic E-state index is -3.47.